The fraction of sp³-hybridized carbons (Fsp3) is 0.533. The van der Waals surface area contributed by atoms with Crippen LogP contribution in [0.3, 0.4) is 0 Å². The van der Waals surface area contributed by atoms with E-state index in [4.69, 9.17) is 0 Å². The second kappa shape index (κ2) is 7.87. The van der Waals surface area contributed by atoms with Gasteiger partial charge in [0.2, 0.25) is 5.91 Å². The molecular formula is C15H19F3N2OS. The van der Waals surface area contributed by atoms with E-state index in [1.165, 1.54) is 0 Å². The van der Waals surface area contributed by atoms with Gasteiger partial charge in [0, 0.05) is 42.6 Å². The Bertz CT molecular complexity index is 502. The monoisotopic (exact) mass is 332 g/mol. The Balaban J connectivity index is 1.92. The van der Waals surface area contributed by atoms with Gasteiger partial charge in [0.25, 0.3) is 0 Å². The molecule has 2 N–H and O–H groups in total. The summed E-state index contributed by atoms with van der Waals surface area (Å²) in [7, 11) is 0. The minimum atomic E-state index is -4.19. The van der Waals surface area contributed by atoms with Gasteiger partial charge in [-0.3, -0.25) is 4.79 Å². The van der Waals surface area contributed by atoms with E-state index < -0.39 is 12.6 Å². The van der Waals surface area contributed by atoms with Crippen LogP contribution in [-0.4, -0.2) is 36.2 Å². The van der Waals surface area contributed by atoms with Gasteiger partial charge in [-0.2, -0.15) is 24.9 Å². The summed E-state index contributed by atoms with van der Waals surface area (Å²) in [5.41, 5.74) is 0.986. The highest BCUT2D eigenvalue weighted by molar-refractivity contribution is 7.99. The zero-order chi connectivity index (χ0) is 16.0. The number of alkyl halides is 3. The molecule has 2 rings (SSSR count). The Labute approximate surface area is 132 Å². The van der Waals surface area contributed by atoms with Gasteiger partial charge in [0.05, 0.1) is 0 Å². The number of hydrogen-bond donors (Lipinski definition) is 2. The first-order chi connectivity index (χ1) is 10.4. The first-order valence-electron chi connectivity index (χ1n) is 7.20. The van der Waals surface area contributed by atoms with Gasteiger partial charge < -0.3 is 10.6 Å². The lowest BCUT2D eigenvalue weighted by Crippen LogP contribution is -2.40. The third-order valence-corrected chi connectivity index (χ3v) is 4.53. The van der Waals surface area contributed by atoms with E-state index in [0.29, 0.717) is 17.7 Å². The van der Waals surface area contributed by atoms with Crippen LogP contribution in [0.2, 0.25) is 0 Å². The maximum Gasteiger partial charge on any atom is 0.389 e. The van der Waals surface area contributed by atoms with E-state index in [1.807, 2.05) is 0 Å². The Hall–Kier alpha value is -1.21. The summed E-state index contributed by atoms with van der Waals surface area (Å²) in [5, 5.41) is 6.00. The Morgan fingerprint density at radius 1 is 1.36 bits per heavy atom. The summed E-state index contributed by atoms with van der Waals surface area (Å²) >= 11 is 1.80. The Morgan fingerprint density at radius 2 is 2.14 bits per heavy atom. The third-order valence-electron chi connectivity index (χ3n) is 3.40. The van der Waals surface area contributed by atoms with E-state index >= 15 is 0 Å². The van der Waals surface area contributed by atoms with Gasteiger partial charge in [-0.25, -0.2) is 0 Å². The molecule has 0 bridgehead atoms. The first-order valence-corrected chi connectivity index (χ1v) is 8.35. The van der Waals surface area contributed by atoms with E-state index in [-0.39, 0.29) is 18.4 Å². The summed E-state index contributed by atoms with van der Waals surface area (Å²) in [5.74, 6) is 1.75. The number of carbonyl (C=O) groups is 1. The molecule has 1 atom stereocenters. The molecule has 1 amide bonds. The highest BCUT2D eigenvalue weighted by Gasteiger charge is 2.27. The summed E-state index contributed by atoms with van der Waals surface area (Å²) in [6, 6.07) is 6.78. The molecule has 0 saturated carbocycles. The average molecular weight is 332 g/mol. The van der Waals surface area contributed by atoms with Gasteiger partial charge in [-0.05, 0) is 18.1 Å². The van der Waals surface area contributed by atoms with Crippen LogP contribution in [0.5, 0.6) is 0 Å². The van der Waals surface area contributed by atoms with Gasteiger partial charge in [-0.15, -0.1) is 0 Å². The number of thioether (sulfide) groups is 1. The molecule has 7 heteroatoms. The van der Waals surface area contributed by atoms with Crippen molar-refractivity contribution < 1.29 is 18.0 Å². The minimum Gasteiger partial charge on any atom is -0.326 e. The van der Waals surface area contributed by atoms with Gasteiger partial charge >= 0.3 is 6.18 Å². The molecule has 1 fully saturated rings. The summed E-state index contributed by atoms with van der Waals surface area (Å²) in [6.45, 7) is 0.880. The second-order valence-electron chi connectivity index (χ2n) is 5.25. The lowest BCUT2D eigenvalue weighted by atomic mass is 10.1. The van der Waals surface area contributed by atoms with E-state index in [9.17, 15) is 18.0 Å². The first kappa shape index (κ1) is 17.1. The van der Waals surface area contributed by atoms with Crippen molar-refractivity contribution in [3.8, 4) is 0 Å². The van der Waals surface area contributed by atoms with Crippen LogP contribution in [-0.2, 0) is 11.2 Å². The number of para-hydroxylation sites is 1. The Morgan fingerprint density at radius 3 is 2.82 bits per heavy atom. The predicted octanol–water partition coefficient (Wildman–Crippen LogP) is 3.22. The molecule has 1 aliphatic heterocycles. The van der Waals surface area contributed by atoms with Gasteiger partial charge in [0.15, 0.2) is 0 Å². The van der Waals surface area contributed by atoms with Gasteiger partial charge in [-0.1, -0.05) is 18.2 Å². The van der Waals surface area contributed by atoms with Gasteiger partial charge in [0.1, 0.15) is 0 Å². The fourth-order valence-corrected chi connectivity index (χ4v) is 3.26. The quantitative estimate of drug-likeness (QED) is 0.870. The smallest absolute Gasteiger partial charge is 0.326 e. The standard InChI is InChI=1S/C15H19F3N2OS/c16-15(17,18)6-5-11-3-1-2-4-13(11)20-14(21)9-12-10-22-8-7-19-12/h1-4,12,19H,5-10H2,(H,20,21). The zero-order valence-corrected chi connectivity index (χ0v) is 12.9. The van der Waals surface area contributed by atoms with Crippen molar-refractivity contribution in [3.63, 3.8) is 0 Å². The van der Waals surface area contributed by atoms with Crippen molar-refractivity contribution in [1.82, 2.24) is 5.32 Å². The maximum atomic E-state index is 12.3. The van der Waals surface area contributed by atoms with Crippen LogP contribution in [0.4, 0.5) is 18.9 Å². The zero-order valence-electron chi connectivity index (χ0n) is 12.1. The number of carbonyl (C=O) groups excluding carboxylic acids is 1. The molecule has 1 aliphatic rings. The number of aryl methyl sites for hydroxylation is 1. The molecule has 1 heterocycles. The molecule has 1 unspecified atom stereocenters. The predicted molar refractivity (Wildman–Crippen MR) is 83.2 cm³/mol. The SMILES string of the molecule is O=C(CC1CSCCN1)Nc1ccccc1CCC(F)(F)F. The van der Waals surface area contributed by atoms with Crippen molar-refractivity contribution in [2.45, 2.75) is 31.5 Å². The number of halogens is 3. The fourth-order valence-electron chi connectivity index (χ4n) is 2.31. The lowest BCUT2D eigenvalue weighted by molar-refractivity contribution is -0.133. The van der Waals surface area contributed by atoms with Crippen LogP contribution in [0, 0.1) is 0 Å². The number of benzene rings is 1. The molecule has 1 aromatic carbocycles. The molecule has 0 aromatic heterocycles. The van der Waals surface area contributed by atoms with Crippen LogP contribution in [0.15, 0.2) is 24.3 Å². The number of nitrogens with one attached hydrogen (secondary N) is 2. The van der Waals surface area contributed by atoms with Crippen molar-refractivity contribution >= 4 is 23.4 Å². The molecule has 3 nitrogen and oxygen atoms in total. The topological polar surface area (TPSA) is 41.1 Å². The van der Waals surface area contributed by atoms with Crippen LogP contribution < -0.4 is 10.6 Å². The van der Waals surface area contributed by atoms with Crippen LogP contribution >= 0.6 is 11.8 Å². The van der Waals surface area contributed by atoms with E-state index in [0.717, 1.165) is 18.1 Å². The number of anilines is 1. The molecular weight excluding hydrogens is 313 g/mol. The lowest BCUT2D eigenvalue weighted by Gasteiger charge is -2.22. The average Bonchev–Trinajstić information content (AvgIpc) is 2.46. The molecule has 1 aromatic rings. The normalized spacial score (nSPS) is 19.0. The highest BCUT2D eigenvalue weighted by Crippen LogP contribution is 2.25. The molecule has 122 valence electrons. The number of hydrogen-bond acceptors (Lipinski definition) is 3. The third kappa shape index (κ3) is 5.88. The summed E-state index contributed by atoms with van der Waals surface area (Å²) in [6.07, 6.45) is -4.88. The van der Waals surface area contributed by atoms with Crippen molar-refractivity contribution in [2.75, 3.05) is 23.4 Å². The molecule has 0 aliphatic carbocycles. The molecule has 1 saturated heterocycles. The minimum absolute atomic E-state index is 0.126. The molecule has 22 heavy (non-hydrogen) atoms. The maximum absolute atomic E-state index is 12.3. The number of amides is 1. The van der Waals surface area contributed by atoms with Crippen molar-refractivity contribution in [1.29, 1.82) is 0 Å². The van der Waals surface area contributed by atoms with Crippen molar-refractivity contribution in [2.24, 2.45) is 0 Å². The highest BCUT2D eigenvalue weighted by atomic mass is 32.2. The molecule has 0 radical (unpaired) electrons. The summed E-state index contributed by atoms with van der Waals surface area (Å²) in [4.78, 5) is 12.1. The largest absolute Gasteiger partial charge is 0.389 e. The summed E-state index contributed by atoms with van der Waals surface area (Å²) < 4.78 is 37.0. The van der Waals surface area contributed by atoms with Crippen LogP contribution in [0.25, 0.3) is 0 Å². The number of rotatable bonds is 5. The van der Waals surface area contributed by atoms with E-state index in [2.05, 4.69) is 10.6 Å². The molecule has 0 spiro atoms. The van der Waals surface area contributed by atoms with E-state index in [1.54, 1.807) is 36.0 Å². The van der Waals surface area contributed by atoms with Crippen LogP contribution in [0.1, 0.15) is 18.4 Å². The second-order valence-corrected chi connectivity index (χ2v) is 6.40. The van der Waals surface area contributed by atoms with Crippen molar-refractivity contribution in [3.05, 3.63) is 29.8 Å². The Kier molecular flexibility index (Phi) is 6.14.